The third-order valence-electron chi connectivity index (χ3n) is 1.13. The molecule has 0 aliphatic heterocycles. The van der Waals surface area contributed by atoms with Crippen molar-refractivity contribution in [3.63, 3.8) is 0 Å². The molecule has 0 heterocycles. The van der Waals surface area contributed by atoms with Gasteiger partial charge < -0.3 is 5.32 Å². The third-order valence-corrected chi connectivity index (χ3v) is 1.13. The molecular formula is C7H14N2O3. The normalized spacial score (nSPS) is 11.9. The van der Waals surface area contributed by atoms with Gasteiger partial charge >= 0.3 is 0 Å². The van der Waals surface area contributed by atoms with Crippen molar-refractivity contribution in [1.82, 2.24) is 10.8 Å². The van der Waals surface area contributed by atoms with E-state index in [0.29, 0.717) is 6.61 Å². The average Bonchev–Trinajstić information content (AvgIpc) is 1.98. The van der Waals surface area contributed by atoms with Gasteiger partial charge in [-0.25, -0.2) is 5.48 Å². The minimum absolute atomic E-state index is 0.242. The fourth-order valence-electron chi connectivity index (χ4n) is 0.602. The van der Waals surface area contributed by atoms with Gasteiger partial charge in [0.05, 0.1) is 6.61 Å². The average molecular weight is 174 g/mol. The molecule has 0 rings (SSSR count). The summed E-state index contributed by atoms with van der Waals surface area (Å²) < 4.78 is 0. The molecule has 2 N–H and O–H groups in total. The molecule has 0 saturated carbocycles. The lowest BCUT2D eigenvalue weighted by Gasteiger charge is -2.11. The fourth-order valence-corrected chi connectivity index (χ4v) is 0.602. The molecule has 0 aliphatic carbocycles. The van der Waals surface area contributed by atoms with E-state index in [1.54, 1.807) is 13.8 Å². The first-order valence-electron chi connectivity index (χ1n) is 3.76. The Morgan fingerprint density at radius 3 is 2.50 bits per heavy atom. The van der Waals surface area contributed by atoms with Gasteiger partial charge in [-0.1, -0.05) is 0 Å². The van der Waals surface area contributed by atoms with E-state index in [1.807, 2.05) is 0 Å². The molecule has 2 amide bonds. The fraction of sp³-hybridized carbons (Fsp3) is 0.714. The van der Waals surface area contributed by atoms with Gasteiger partial charge in [-0.2, -0.15) is 0 Å². The van der Waals surface area contributed by atoms with Crippen LogP contribution in [0.4, 0.5) is 0 Å². The second-order valence-electron chi connectivity index (χ2n) is 2.32. The van der Waals surface area contributed by atoms with E-state index in [-0.39, 0.29) is 11.8 Å². The highest BCUT2D eigenvalue weighted by molar-refractivity contribution is 5.85. The maximum Gasteiger partial charge on any atom is 0.265 e. The summed E-state index contributed by atoms with van der Waals surface area (Å²) >= 11 is 0. The van der Waals surface area contributed by atoms with Crippen LogP contribution < -0.4 is 10.8 Å². The summed E-state index contributed by atoms with van der Waals surface area (Å²) in [6.07, 6.45) is 0. The quantitative estimate of drug-likeness (QED) is 0.569. The van der Waals surface area contributed by atoms with E-state index in [9.17, 15) is 9.59 Å². The Kier molecular flexibility index (Phi) is 5.03. The van der Waals surface area contributed by atoms with Gasteiger partial charge in [-0.05, 0) is 13.8 Å². The number of amides is 2. The van der Waals surface area contributed by atoms with Crippen molar-refractivity contribution in [2.45, 2.75) is 26.8 Å². The molecule has 1 atom stereocenters. The monoisotopic (exact) mass is 174 g/mol. The van der Waals surface area contributed by atoms with Gasteiger partial charge in [0.15, 0.2) is 0 Å². The molecule has 0 aliphatic rings. The minimum Gasteiger partial charge on any atom is -0.345 e. The number of hydrogen-bond acceptors (Lipinski definition) is 3. The number of hydrogen-bond donors (Lipinski definition) is 2. The van der Waals surface area contributed by atoms with E-state index < -0.39 is 6.04 Å². The molecule has 70 valence electrons. The van der Waals surface area contributed by atoms with Crippen molar-refractivity contribution >= 4 is 11.8 Å². The number of nitrogens with one attached hydrogen (secondary N) is 2. The number of rotatable bonds is 4. The lowest BCUT2D eigenvalue weighted by Crippen LogP contribution is -2.43. The molecule has 0 aromatic heterocycles. The molecule has 1 unspecified atom stereocenters. The van der Waals surface area contributed by atoms with Gasteiger partial charge in [0.1, 0.15) is 6.04 Å². The summed E-state index contributed by atoms with van der Waals surface area (Å²) in [5.41, 5.74) is 2.18. The van der Waals surface area contributed by atoms with E-state index >= 15 is 0 Å². The molecular weight excluding hydrogens is 160 g/mol. The first-order valence-corrected chi connectivity index (χ1v) is 3.76. The Morgan fingerprint density at radius 2 is 2.08 bits per heavy atom. The van der Waals surface area contributed by atoms with Crippen molar-refractivity contribution < 1.29 is 14.4 Å². The SMILES string of the molecule is CCONC(=O)C(C)NC(C)=O. The highest BCUT2D eigenvalue weighted by Gasteiger charge is 2.12. The van der Waals surface area contributed by atoms with E-state index in [4.69, 9.17) is 0 Å². The molecule has 0 aromatic carbocycles. The lowest BCUT2D eigenvalue weighted by molar-refractivity contribution is -0.137. The van der Waals surface area contributed by atoms with E-state index in [1.165, 1.54) is 6.92 Å². The molecule has 0 fully saturated rings. The van der Waals surface area contributed by atoms with Gasteiger partial charge in [-0.15, -0.1) is 0 Å². The Labute approximate surface area is 71.4 Å². The minimum atomic E-state index is -0.561. The zero-order valence-electron chi connectivity index (χ0n) is 7.51. The molecule has 0 bridgehead atoms. The van der Waals surface area contributed by atoms with Crippen LogP contribution in [0.1, 0.15) is 20.8 Å². The highest BCUT2D eigenvalue weighted by Crippen LogP contribution is 1.81. The largest absolute Gasteiger partial charge is 0.345 e. The lowest BCUT2D eigenvalue weighted by atomic mass is 10.3. The van der Waals surface area contributed by atoms with Crippen LogP contribution in [0.2, 0.25) is 0 Å². The Bertz CT molecular complexity index is 170. The maximum absolute atomic E-state index is 11.0. The summed E-state index contributed by atoms with van der Waals surface area (Å²) in [6, 6.07) is -0.561. The summed E-state index contributed by atoms with van der Waals surface area (Å²) in [6.45, 7) is 5.09. The zero-order chi connectivity index (χ0) is 9.56. The third kappa shape index (κ3) is 4.68. The van der Waals surface area contributed by atoms with Crippen molar-refractivity contribution in [2.24, 2.45) is 0 Å². The summed E-state index contributed by atoms with van der Waals surface area (Å²) in [5, 5.41) is 2.42. The van der Waals surface area contributed by atoms with Crippen LogP contribution >= 0.6 is 0 Å². The van der Waals surface area contributed by atoms with Crippen molar-refractivity contribution in [3.8, 4) is 0 Å². The van der Waals surface area contributed by atoms with Crippen molar-refractivity contribution in [2.75, 3.05) is 6.61 Å². The van der Waals surface area contributed by atoms with Crippen molar-refractivity contribution in [1.29, 1.82) is 0 Å². The summed E-state index contributed by atoms with van der Waals surface area (Å²) in [4.78, 5) is 26.1. The molecule has 0 radical (unpaired) electrons. The maximum atomic E-state index is 11.0. The molecule has 0 saturated heterocycles. The topological polar surface area (TPSA) is 67.4 Å². The first kappa shape index (κ1) is 10.9. The summed E-state index contributed by atoms with van der Waals surface area (Å²) in [5.74, 6) is -0.596. The molecule has 0 spiro atoms. The highest BCUT2D eigenvalue weighted by atomic mass is 16.6. The van der Waals surface area contributed by atoms with Crippen LogP contribution in [0.3, 0.4) is 0 Å². The van der Waals surface area contributed by atoms with Crippen LogP contribution in [0.5, 0.6) is 0 Å². The Hall–Kier alpha value is -1.10. The Balaban J connectivity index is 3.69. The molecule has 0 aromatic rings. The Morgan fingerprint density at radius 1 is 1.50 bits per heavy atom. The second kappa shape index (κ2) is 5.54. The van der Waals surface area contributed by atoms with Crippen LogP contribution in [0.15, 0.2) is 0 Å². The second-order valence-corrected chi connectivity index (χ2v) is 2.32. The number of carbonyl (C=O) groups excluding carboxylic acids is 2. The van der Waals surface area contributed by atoms with Crippen LogP contribution in [0.25, 0.3) is 0 Å². The number of carbonyl (C=O) groups is 2. The van der Waals surface area contributed by atoms with Crippen LogP contribution in [-0.2, 0) is 14.4 Å². The van der Waals surface area contributed by atoms with Gasteiger partial charge in [0, 0.05) is 6.92 Å². The van der Waals surface area contributed by atoms with Gasteiger partial charge in [-0.3, -0.25) is 14.4 Å². The van der Waals surface area contributed by atoms with Crippen LogP contribution in [-0.4, -0.2) is 24.5 Å². The van der Waals surface area contributed by atoms with E-state index in [2.05, 4.69) is 15.6 Å². The predicted octanol–water partition coefficient (Wildman–Crippen LogP) is -0.421. The molecule has 5 nitrogen and oxygen atoms in total. The van der Waals surface area contributed by atoms with E-state index in [0.717, 1.165) is 0 Å². The molecule has 12 heavy (non-hydrogen) atoms. The van der Waals surface area contributed by atoms with Gasteiger partial charge in [0.25, 0.3) is 5.91 Å². The van der Waals surface area contributed by atoms with Crippen molar-refractivity contribution in [3.05, 3.63) is 0 Å². The molecule has 5 heteroatoms. The first-order chi connectivity index (χ1) is 5.57. The summed E-state index contributed by atoms with van der Waals surface area (Å²) in [7, 11) is 0. The smallest absolute Gasteiger partial charge is 0.265 e. The standard InChI is InChI=1S/C7H14N2O3/c1-4-12-9-7(11)5(2)8-6(3)10/h5H,4H2,1-3H3,(H,8,10)(H,9,11). The number of hydroxylamine groups is 1. The van der Waals surface area contributed by atoms with Crippen LogP contribution in [0, 0.1) is 0 Å². The van der Waals surface area contributed by atoms with Gasteiger partial charge in [0.2, 0.25) is 5.91 Å². The zero-order valence-corrected chi connectivity index (χ0v) is 7.51. The predicted molar refractivity (Wildman–Crippen MR) is 43.0 cm³/mol.